The molecule has 5 rings (SSSR count). The molecule has 1 fully saturated rings. The normalized spacial score (nSPS) is 14.1. The number of piperazine rings is 1. The molecule has 2 amide bonds. The summed E-state index contributed by atoms with van der Waals surface area (Å²) in [6.07, 6.45) is 0.625. The lowest BCUT2D eigenvalue weighted by Gasteiger charge is -2.38. The molecule has 0 radical (unpaired) electrons. The van der Waals surface area contributed by atoms with Gasteiger partial charge in [0.15, 0.2) is 5.76 Å². The smallest absolute Gasteiger partial charge is 0.291 e. The number of carbonyl (C=O) groups is 2. The largest absolute Gasteiger partial charge is 0.459 e. The molecule has 1 aliphatic rings. The lowest BCUT2D eigenvalue weighted by atomic mass is 10.1. The highest BCUT2D eigenvalue weighted by atomic mass is 16.3. The first-order chi connectivity index (χ1) is 19.0. The van der Waals surface area contributed by atoms with Gasteiger partial charge in [0.25, 0.3) is 11.8 Å². The quantitative estimate of drug-likeness (QED) is 0.311. The van der Waals surface area contributed by atoms with Crippen molar-refractivity contribution in [3.8, 4) is 0 Å². The van der Waals surface area contributed by atoms with Gasteiger partial charge in [0.1, 0.15) is 0 Å². The number of aliphatic hydroxyl groups is 1. The summed E-state index contributed by atoms with van der Waals surface area (Å²) in [6.45, 7) is 5.36. The van der Waals surface area contributed by atoms with E-state index in [1.165, 1.54) is 17.5 Å². The number of benzene rings is 3. The molecule has 0 aliphatic carbocycles. The number of carbonyl (C=O) groups excluding carboxylic acids is 2. The third-order valence-corrected chi connectivity index (χ3v) is 6.97. The molecule has 0 bridgehead atoms. The van der Waals surface area contributed by atoms with Crippen LogP contribution in [0.3, 0.4) is 0 Å². The van der Waals surface area contributed by atoms with Gasteiger partial charge >= 0.3 is 0 Å². The first kappa shape index (κ1) is 26.1. The maximum atomic E-state index is 13.0. The van der Waals surface area contributed by atoms with Gasteiger partial charge in [-0.3, -0.25) is 9.59 Å². The number of nitrogens with one attached hydrogen (secondary N) is 2. The predicted octanol–water partition coefficient (Wildman–Crippen LogP) is 4.63. The number of hydrogen-bond donors (Lipinski definition) is 3. The molecule has 39 heavy (non-hydrogen) atoms. The highest BCUT2D eigenvalue weighted by Crippen LogP contribution is 2.30. The summed E-state index contributed by atoms with van der Waals surface area (Å²) in [5.74, 6) is -0.544. The lowest BCUT2D eigenvalue weighted by Crippen LogP contribution is -2.47. The Hall–Kier alpha value is -4.56. The second-order valence-electron chi connectivity index (χ2n) is 9.56. The average molecular weight is 525 g/mol. The summed E-state index contributed by atoms with van der Waals surface area (Å²) in [5.41, 5.74) is 4.94. The number of aliphatic hydroxyl groups excluding tert-OH is 1. The Kier molecular flexibility index (Phi) is 7.94. The number of anilines is 3. The molecule has 2 heterocycles. The van der Waals surface area contributed by atoms with E-state index in [-0.39, 0.29) is 18.2 Å². The van der Waals surface area contributed by atoms with Gasteiger partial charge in [0.05, 0.1) is 23.7 Å². The van der Waals surface area contributed by atoms with Crippen molar-refractivity contribution in [2.45, 2.75) is 13.0 Å². The standard InChI is InChI=1S/C31H32N4O4/c1-22-8-5-6-11-26(22)34-15-17-35(18-16-34)27-14-13-24(20-25(27)33-31(38)29-12-7-19-39-29)30(37)32-21-28(36)23-9-3-2-4-10-23/h2-14,19-20,28,36H,15-18,21H2,1H3,(H,32,37)(H,33,38)/t28-/m1/s1. The molecule has 4 aromatic rings. The van der Waals surface area contributed by atoms with Crippen molar-refractivity contribution in [2.75, 3.05) is 47.8 Å². The van der Waals surface area contributed by atoms with Crippen molar-refractivity contribution >= 4 is 28.9 Å². The Morgan fingerprint density at radius 1 is 0.846 bits per heavy atom. The van der Waals surface area contributed by atoms with Gasteiger partial charge in [-0.05, 0) is 54.4 Å². The van der Waals surface area contributed by atoms with E-state index in [9.17, 15) is 14.7 Å². The molecule has 8 nitrogen and oxygen atoms in total. The third-order valence-electron chi connectivity index (χ3n) is 6.97. The summed E-state index contributed by atoms with van der Waals surface area (Å²) in [7, 11) is 0. The van der Waals surface area contributed by atoms with Crippen LogP contribution in [0.25, 0.3) is 0 Å². The highest BCUT2D eigenvalue weighted by Gasteiger charge is 2.23. The molecule has 8 heteroatoms. The number of para-hydroxylation sites is 1. The van der Waals surface area contributed by atoms with Crippen LogP contribution in [0.15, 0.2) is 95.6 Å². The van der Waals surface area contributed by atoms with E-state index in [0.29, 0.717) is 11.3 Å². The van der Waals surface area contributed by atoms with Crippen LogP contribution in [0, 0.1) is 6.92 Å². The van der Waals surface area contributed by atoms with Crippen LogP contribution in [0.1, 0.15) is 38.1 Å². The van der Waals surface area contributed by atoms with Gasteiger partial charge < -0.3 is 30.0 Å². The van der Waals surface area contributed by atoms with Crippen molar-refractivity contribution < 1.29 is 19.1 Å². The van der Waals surface area contributed by atoms with Crippen molar-refractivity contribution in [3.05, 3.63) is 114 Å². The highest BCUT2D eigenvalue weighted by molar-refractivity contribution is 6.05. The zero-order valence-electron chi connectivity index (χ0n) is 21.8. The topological polar surface area (TPSA) is 98.0 Å². The number of rotatable bonds is 8. The number of hydrogen-bond acceptors (Lipinski definition) is 6. The van der Waals surface area contributed by atoms with E-state index < -0.39 is 12.0 Å². The summed E-state index contributed by atoms with van der Waals surface area (Å²) >= 11 is 0. The van der Waals surface area contributed by atoms with Crippen LogP contribution in [0.4, 0.5) is 17.1 Å². The zero-order chi connectivity index (χ0) is 27.2. The van der Waals surface area contributed by atoms with E-state index in [4.69, 9.17) is 4.42 Å². The molecule has 0 unspecified atom stereocenters. The minimum absolute atomic E-state index is 0.0690. The molecular weight excluding hydrogens is 492 g/mol. The Morgan fingerprint density at radius 2 is 1.54 bits per heavy atom. The SMILES string of the molecule is Cc1ccccc1N1CCN(c2ccc(C(=O)NC[C@@H](O)c3ccccc3)cc2NC(=O)c2ccco2)CC1. The number of aryl methyl sites for hydroxylation is 1. The molecule has 0 spiro atoms. The summed E-state index contributed by atoms with van der Waals surface area (Å²) in [6, 6.07) is 26.1. The Bertz CT molecular complexity index is 1410. The second-order valence-corrected chi connectivity index (χ2v) is 9.56. The van der Waals surface area contributed by atoms with Gasteiger partial charge in [-0.25, -0.2) is 0 Å². The maximum absolute atomic E-state index is 13.0. The minimum Gasteiger partial charge on any atom is -0.459 e. The van der Waals surface area contributed by atoms with E-state index in [0.717, 1.165) is 37.4 Å². The first-order valence-corrected chi connectivity index (χ1v) is 13.1. The van der Waals surface area contributed by atoms with E-state index in [1.54, 1.807) is 24.3 Å². The summed E-state index contributed by atoms with van der Waals surface area (Å²) < 4.78 is 5.27. The van der Waals surface area contributed by atoms with Crippen LogP contribution in [0.2, 0.25) is 0 Å². The Labute approximate surface area is 227 Å². The fourth-order valence-corrected chi connectivity index (χ4v) is 4.84. The second kappa shape index (κ2) is 11.9. The average Bonchev–Trinajstić information content (AvgIpc) is 3.52. The van der Waals surface area contributed by atoms with Crippen molar-refractivity contribution in [3.63, 3.8) is 0 Å². The molecule has 0 saturated carbocycles. The van der Waals surface area contributed by atoms with Gasteiger partial charge in [-0.2, -0.15) is 0 Å². The van der Waals surface area contributed by atoms with Crippen LogP contribution < -0.4 is 20.4 Å². The molecule has 200 valence electrons. The molecule has 3 N–H and O–H groups in total. The van der Waals surface area contributed by atoms with Crippen molar-refractivity contribution in [1.82, 2.24) is 5.32 Å². The van der Waals surface area contributed by atoms with E-state index >= 15 is 0 Å². The monoisotopic (exact) mass is 524 g/mol. The van der Waals surface area contributed by atoms with Crippen molar-refractivity contribution in [1.29, 1.82) is 0 Å². The Morgan fingerprint density at radius 3 is 2.23 bits per heavy atom. The van der Waals surface area contributed by atoms with Crippen LogP contribution in [-0.4, -0.2) is 49.6 Å². The molecule has 3 aromatic carbocycles. The zero-order valence-corrected chi connectivity index (χ0v) is 21.8. The minimum atomic E-state index is -0.822. The maximum Gasteiger partial charge on any atom is 0.291 e. The number of nitrogens with zero attached hydrogens (tertiary/aromatic N) is 2. The van der Waals surface area contributed by atoms with Crippen molar-refractivity contribution in [2.24, 2.45) is 0 Å². The number of amides is 2. The molecule has 1 atom stereocenters. The van der Waals surface area contributed by atoms with Gasteiger partial charge in [-0.15, -0.1) is 0 Å². The van der Waals surface area contributed by atoms with Gasteiger partial charge in [0, 0.05) is 44.0 Å². The fraction of sp³-hybridized carbons (Fsp3) is 0.226. The first-order valence-electron chi connectivity index (χ1n) is 13.1. The molecule has 1 aliphatic heterocycles. The molecule has 1 saturated heterocycles. The molecular formula is C31H32N4O4. The lowest BCUT2D eigenvalue weighted by molar-refractivity contribution is 0.0915. The molecule has 1 aromatic heterocycles. The van der Waals surface area contributed by atoms with Crippen LogP contribution in [-0.2, 0) is 0 Å². The van der Waals surface area contributed by atoms with E-state index in [2.05, 4.69) is 45.6 Å². The van der Waals surface area contributed by atoms with Crippen LogP contribution >= 0.6 is 0 Å². The van der Waals surface area contributed by atoms with Gasteiger partial charge in [0.2, 0.25) is 0 Å². The van der Waals surface area contributed by atoms with Crippen LogP contribution in [0.5, 0.6) is 0 Å². The fourth-order valence-electron chi connectivity index (χ4n) is 4.84. The number of furan rings is 1. The summed E-state index contributed by atoms with van der Waals surface area (Å²) in [4.78, 5) is 30.4. The predicted molar refractivity (Wildman–Crippen MR) is 152 cm³/mol. The Balaban J connectivity index is 1.33. The summed E-state index contributed by atoms with van der Waals surface area (Å²) in [5, 5.41) is 16.2. The van der Waals surface area contributed by atoms with Gasteiger partial charge in [-0.1, -0.05) is 48.5 Å². The third kappa shape index (κ3) is 6.13. The van der Waals surface area contributed by atoms with E-state index in [1.807, 2.05) is 42.5 Å².